The van der Waals surface area contributed by atoms with E-state index >= 15 is 0 Å². The van der Waals surface area contributed by atoms with Gasteiger partial charge in [-0.3, -0.25) is 10.1 Å². The van der Waals surface area contributed by atoms with E-state index in [0.717, 1.165) is 25.7 Å². The molecule has 5 N–H and O–H groups in total. The topological polar surface area (TPSA) is 140 Å². The lowest BCUT2D eigenvalue weighted by Crippen LogP contribution is -2.47. The molecule has 5 amide bonds. The van der Waals surface area contributed by atoms with Crippen LogP contribution in [-0.4, -0.2) is 42.6 Å². The molecule has 1 aliphatic rings. The number of urea groups is 2. The summed E-state index contributed by atoms with van der Waals surface area (Å²) in [7, 11) is 0. The molecular formula is C15H26N4O5. The number of esters is 1. The van der Waals surface area contributed by atoms with Gasteiger partial charge in [-0.1, -0.05) is 26.7 Å². The Bertz CT molecular complexity index is 474. The monoisotopic (exact) mass is 342 g/mol. The minimum absolute atomic E-state index is 0.0792. The van der Waals surface area contributed by atoms with Crippen LogP contribution in [0.25, 0.3) is 0 Å². The third kappa shape index (κ3) is 7.80. The zero-order valence-electron chi connectivity index (χ0n) is 14.1. The van der Waals surface area contributed by atoms with Crippen LogP contribution in [-0.2, 0) is 14.3 Å². The van der Waals surface area contributed by atoms with Gasteiger partial charge in [-0.25, -0.2) is 14.4 Å². The highest BCUT2D eigenvalue weighted by atomic mass is 16.5. The minimum atomic E-state index is -0.928. The molecule has 1 rings (SSSR count). The van der Waals surface area contributed by atoms with Crippen LogP contribution in [0.4, 0.5) is 9.59 Å². The lowest BCUT2D eigenvalue weighted by Gasteiger charge is -2.18. The molecule has 1 aliphatic carbocycles. The number of imide groups is 1. The molecule has 1 fully saturated rings. The Hall–Kier alpha value is -2.32. The molecule has 0 spiro atoms. The molecule has 0 aromatic heterocycles. The highest BCUT2D eigenvalue weighted by molar-refractivity contribution is 5.96. The van der Waals surface area contributed by atoms with E-state index < -0.39 is 36.6 Å². The first-order valence-electron chi connectivity index (χ1n) is 8.11. The molecule has 0 aromatic rings. The second kappa shape index (κ2) is 9.74. The predicted molar refractivity (Wildman–Crippen MR) is 85.9 cm³/mol. The lowest BCUT2D eigenvalue weighted by molar-refractivity contribution is -0.150. The zero-order chi connectivity index (χ0) is 18.1. The van der Waals surface area contributed by atoms with Gasteiger partial charge in [0.15, 0.2) is 6.61 Å². The third-order valence-electron chi connectivity index (χ3n) is 3.60. The third-order valence-corrected chi connectivity index (χ3v) is 3.60. The summed E-state index contributed by atoms with van der Waals surface area (Å²) < 4.78 is 4.84. The summed E-state index contributed by atoms with van der Waals surface area (Å²) in [6, 6.07) is -2.30. The first kappa shape index (κ1) is 19.7. The normalized spacial score (nSPS) is 15.6. The molecule has 1 saturated carbocycles. The molecule has 0 bridgehead atoms. The molecule has 0 unspecified atom stereocenters. The number of carbonyl (C=O) groups is 4. The van der Waals surface area contributed by atoms with E-state index in [-0.39, 0.29) is 12.0 Å². The van der Waals surface area contributed by atoms with E-state index in [1.54, 1.807) is 0 Å². The van der Waals surface area contributed by atoms with Gasteiger partial charge in [0.05, 0.1) is 0 Å². The number of hydrogen-bond donors (Lipinski definition) is 4. The van der Waals surface area contributed by atoms with Crippen molar-refractivity contribution in [2.45, 2.75) is 58.0 Å². The molecule has 0 saturated heterocycles. The van der Waals surface area contributed by atoms with E-state index in [2.05, 4.69) is 16.0 Å². The number of amides is 5. The van der Waals surface area contributed by atoms with Crippen molar-refractivity contribution in [3.05, 3.63) is 0 Å². The minimum Gasteiger partial charge on any atom is -0.454 e. The molecule has 0 radical (unpaired) electrons. The van der Waals surface area contributed by atoms with Crippen LogP contribution in [0.15, 0.2) is 0 Å². The van der Waals surface area contributed by atoms with Gasteiger partial charge in [0.2, 0.25) is 0 Å². The van der Waals surface area contributed by atoms with Crippen molar-refractivity contribution in [1.82, 2.24) is 16.0 Å². The van der Waals surface area contributed by atoms with Gasteiger partial charge in [0.25, 0.3) is 5.91 Å². The zero-order valence-corrected chi connectivity index (χ0v) is 14.1. The maximum absolute atomic E-state index is 11.9. The molecule has 136 valence electrons. The molecule has 9 nitrogen and oxygen atoms in total. The van der Waals surface area contributed by atoms with E-state index in [1.807, 2.05) is 13.8 Å². The van der Waals surface area contributed by atoms with Gasteiger partial charge >= 0.3 is 18.0 Å². The van der Waals surface area contributed by atoms with E-state index in [0.29, 0.717) is 6.42 Å². The number of hydrogen-bond acceptors (Lipinski definition) is 5. The van der Waals surface area contributed by atoms with E-state index in [9.17, 15) is 19.2 Å². The largest absolute Gasteiger partial charge is 0.454 e. The molecule has 9 heteroatoms. The molecule has 1 atom stereocenters. The maximum atomic E-state index is 11.9. The van der Waals surface area contributed by atoms with E-state index in [1.165, 1.54) is 0 Å². The Morgan fingerprint density at radius 1 is 1.17 bits per heavy atom. The lowest BCUT2D eigenvalue weighted by atomic mass is 10.0. The molecular weight excluding hydrogens is 316 g/mol. The fourth-order valence-corrected chi connectivity index (χ4v) is 2.55. The van der Waals surface area contributed by atoms with Crippen molar-refractivity contribution in [2.75, 3.05) is 6.61 Å². The molecule has 0 aliphatic heterocycles. The van der Waals surface area contributed by atoms with Crippen molar-refractivity contribution in [2.24, 2.45) is 11.7 Å². The molecule has 24 heavy (non-hydrogen) atoms. The fraction of sp³-hybridized carbons (Fsp3) is 0.733. The number of nitrogens with one attached hydrogen (secondary N) is 3. The summed E-state index contributed by atoms with van der Waals surface area (Å²) >= 11 is 0. The van der Waals surface area contributed by atoms with Crippen molar-refractivity contribution in [3.8, 4) is 0 Å². The summed E-state index contributed by atoms with van der Waals surface area (Å²) in [5.41, 5.74) is 5.02. The second-order valence-electron chi connectivity index (χ2n) is 6.30. The van der Waals surface area contributed by atoms with Crippen LogP contribution in [0, 0.1) is 5.92 Å². The van der Waals surface area contributed by atoms with Crippen LogP contribution in [0.1, 0.15) is 46.0 Å². The van der Waals surface area contributed by atoms with Gasteiger partial charge in [0.1, 0.15) is 6.04 Å². The Labute approximate surface area is 141 Å². The van der Waals surface area contributed by atoms with Gasteiger partial charge in [-0.05, 0) is 25.2 Å². The average Bonchev–Trinajstić information content (AvgIpc) is 2.95. The Balaban J connectivity index is 2.35. The Morgan fingerprint density at radius 2 is 1.79 bits per heavy atom. The average molecular weight is 342 g/mol. The first-order valence-corrected chi connectivity index (χ1v) is 8.11. The number of nitrogens with two attached hydrogens (primary N) is 1. The Morgan fingerprint density at radius 3 is 2.33 bits per heavy atom. The number of rotatable bonds is 7. The first-order chi connectivity index (χ1) is 11.3. The highest BCUT2D eigenvalue weighted by Crippen LogP contribution is 2.17. The van der Waals surface area contributed by atoms with Gasteiger partial charge in [-0.2, -0.15) is 0 Å². The highest BCUT2D eigenvalue weighted by Gasteiger charge is 2.24. The Kier molecular flexibility index (Phi) is 8.00. The summed E-state index contributed by atoms with van der Waals surface area (Å²) in [4.78, 5) is 46.1. The molecule has 0 aromatic carbocycles. The smallest absolute Gasteiger partial charge is 0.329 e. The summed E-state index contributed by atoms with van der Waals surface area (Å²) in [6.45, 7) is 3.12. The van der Waals surface area contributed by atoms with E-state index in [4.69, 9.17) is 10.5 Å². The number of carbonyl (C=O) groups excluding carboxylic acids is 4. The second-order valence-corrected chi connectivity index (χ2v) is 6.30. The number of ether oxygens (including phenoxy) is 1. The van der Waals surface area contributed by atoms with Crippen LogP contribution in [0.2, 0.25) is 0 Å². The van der Waals surface area contributed by atoms with Crippen molar-refractivity contribution in [1.29, 1.82) is 0 Å². The van der Waals surface area contributed by atoms with Gasteiger partial charge in [0, 0.05) is 6.04 Å². The van der Waals surface area contributed by atoms with Crippen molar-refractivity contribution < 1.29 is 23.9 Å². The van der Waals surface area contributed by atoms with Crippen molar-refractivity contribution >= 4 is 23.9 Å². The fourth-order valence-electron chi connectivity index (χ4n) is 2.55. The molecule has 0 heterocycles. The van der Waals surface area contributed by atoms with Crippen LogP contribution in [0.3, 0.4) is 0 Å². The summed E-state index contributed by atoms with van der Waals surface area (Å²) in [5, 5.41) is 7.07. The maximum Gasteiger partial charge on any atom is 0.329 e. The predicted octanol–water partition coefficient (Wildman–Crippen LogP) is 0.381. The summed E-state index contributed by atoms with van der Waals surface area (Å²) in [6.07, 6.45) is 4.23. The van der Waals surface area contributed by atoms with Crippen molar-refractivity contribution in [3.63, 3.8) is 0 Å². The van der Waals surface area contributed by atoms with Crippen LogP contribution < -0.4 is 21.7 Å². The number of primary amides is 1. The SMILES string of the molecule is CC(C)C[C@H](NC(N)=O)C(=O)OCC(=O)NC(=O)NC1CCCC1. The van der Waals surface area contributed by atoms with Crippen LogP contribution in [0.5, 0.6) is 0 Å². The standard InChI is InChI=1S/C15H26N4O5/c1-9(2)7-11(18-14(16)22)13(21)24-8-12(20)19-15(23)17-10-5-3-4-6-10/h9-11H,3-8H2,1-2H3,(H3,16,18,22)(H2,17,19,20,23)/t11-/m0/s1. The van der Waals surface area contributed by atoms with Gasteiger partial charge in [-0.15, -0.1) is 0 Å². The summed E-state index contributed by atoms with van der Waals surface area (Å²) in [5.74, 6) is -1.39. The van der Waals surface area contributed by atoms with Gasteiger partial charge < -0.3 is 21.1 Å². The van der Waals surface area contributed by atoms with Crippen LogP contribution >= 0.6 is 0 Å². The quantitative estimate of drug-likeness (QED) is 0.495.